The van der Waals surface area contributed by atoms with Crippen LogP contribution in [0.25, 0.3) is 0 Å². The lowest BCUT2D eigenvalue weighted by Crippen LogP contribution is -2.30. The van der Waals surface area contributed by atoms with E-state index in [1.165, 1.54) is 10.4 Å². The third-order valence-electron chi connectivity index (χ3n) is 4.76. The molecule has 2 atom stereocenters. The number of hydrogen-bond acceptors (Lipinski definition) is 4. The number of carbonyl (C=O) groups excluding carboxylic acids is 1. The molecule has 2 aliphatic rings. The Labute approximate surface area is 135 Å². The lowest BCUT2D eigenvalue weighted by molar-refractivity contribution is -0.142. The summed E-state index contributed by atoms with van der Waals surface area (Å²) in [6, 6.07) is 4.61. The normalized spacial score (nSPS) is 25.3. The molecule has 0 spiro atoms. The number of sulfonamides is 1. The highest BCUT2D eigenvalue weighted by Crippen LogP contribution is 2.30. The average molecular weight is 337 g/mol. The molecule has 0 amide bonds. The van der Waals surface area contributed by atoms with Crippen molar-refractivity contribution in [3.63, 3.8) is 0 Å². The van der Waals surface area contributed by atoms with Gasteiger partial charge in [-0.25, -0.2) is 8.42 Å². The molecule has 3 rings (SSSR count). The van der Waals surface area contributed by atoms with Crippen LogP contribution in [0, 0.1) is 11.8 Å². The quantitative estimate of drug-likeness (QED) is 0.903. The van der Waals surface area contributed by atoms with Crippen LogP contribution in [-0.2, 0) is 21.2 Å². The highest BCUT2D eigenvalue weighted by Gasteiger charge is 2.40. The Hall–Kier alpha value is -1.73. The minimum Gasteiger partial charge on any atom is -0.481 e. The van der Waals surface area contributed by atoms with Crippen molar-refractivity contribution in [2.45, 2.75) is 31.1 Å². The molecule has 0 bridgehead atoms. The number of benzene rings is 1. The summed E-state index contributed by atoms with van der Waals surface area (Å²) in [6.45, 7) is 1.95. The molecule has 124 valence electrons. The van der Waals surface area contributed by atoms with Gasteiger partial charge >= 0.3 is 5.97 Å². The van der Waals surface area contributed by atoms with Crippen LogP contribution in [0.2, 0.25) is 0 Å². The van der Waals surface area contributed by atoms with Crippen LogP contribution in [0.4, 0.5) is 0 Å². The maximum atomic E-state index is 12.8. The lowest BCUT2D eigenvalue weighted by Gasteiger charge is -2.19. The molecule has 1 aromatic rings. The molecular weight excluding hydrogens is 318 g/mol. The largest absolute Gasteiger partial charge is 0.481 e. The molecule has 1 aliphatic carbocycles. The summed E-state index contributed by atoms with van der Waals surface area (Å²) in [7, 11) is -3.73. The van der Waals surface area contributed by atoms with Crippen molar-refractivity contribution < 1.29 is 23.1 Å². The van der Waals surface area contributed by atoms with Crippen molar-refractivity contribution in [2.75, 3.05) is 13.1 Å². The number of aryl methyl sites for hydroxylation is 1. The Kier molecular flexibility index (Phi) is 4.01. The fraction of sp³-hybridized carbons (Fsp3) is 0.500. The van der Waals surface area contributed by atoms with Crippen molar-refractivity contribution in [1.29, 1.82) is 0 Å². The first-order valence-corrected chi connectivity index (χ1v) is 9.14. The molecule has 0 saturated carbocycles. The second kappa shape index (κ2) is 5.72. The molecule has 1 aromatic carbocycles. The van der Waals surface area contributed by atoms with Gasteiger partial charge in [0.15, 0.2) is 5.78 Å². The number of carbonyl (C=O) groups is 2. The summed E-state index contributed by atoms with van der Waals surface area (Å²) in [5.74, 6) is -1.81. The van der Waals surface area contributed by atoms with Gasteiger partial charge in [-0.2, -0.15) is 4.31 Å². The Morgan fingerprint density at radius 3 is 2.65 bits per heavy atom. The van der Waals surface area contributed by atoms with Crippen LogP contribution in [0.15, 0.2) is 23.1 Å². The van der Waals surface area contributed by atoms with E-state index in [0.29, 0.717) is 18.4 Å². The van der Waals surface area contributed by atoms with Crippen molar-refractivity contribution in [2.24, 2.45) is 11.8 Å². The lowest BCUT2D eigenvalue weighted by atomic mass is 9.91. The first kappa shape index (κ1) is 16.1. The Morgan fingerprint density at radius 2 is 2.00 bits per heavy atom. The Balaban J connectivity index is 1.92. The van der Waals surface area contributed by atoms with Gasteiger partial charge in [0, 0.05) is 25.1 Å². The second-order valence-electron chi connectivity index (χ2n) is 6.34. The molecular formula is C16H19NO5S. The number of carboxylic acid groups (broad SMARTS) is 1. The monoisotopic (exact) mass is 337 g/mol. The molecule has 1 N–H and O–H groups in total. The third kappa shape index (κ3) is 2.79. The van der Waals surface area contributed by atoms with E-state index in [0.717, 1.165) is 12.0 Å². The SMILES string of the molecule is C[C@@H]1CN(S(=O)(=O)c2ccc3c(c2)CCCC3=O)C[C@H]1C(=O)O. The summed E-state index contributed by atoms with van der Waals surface area (Å²) >= 11 is 0. The molecule has 1 heterocycles. The van der Waals surface area contributed by atoms with Crippen LogP contribution in [-0.4, -0.2) is 42.7 Å². The van der Waals surface area contributed by atoms with Crippen molar-refractivity contribution in [3.05, 3.63) is 29.3 Å². The van der Waals surface area contributed by atoms with E-state index in [1.807, 2.05) is 0 Å². The molecule has 1 saturated heterocycles. The van der Waals surface area contributed by atoms with Gasteiger partial charge in [-0.15, -0.1) is 0 Å². The van der Waals surface area contributed by atoms with Gasteiger partial charge in [-0.1, -0.05) is 6.92 Å². The van der Waals surface area contributed by atoms with Gasteiger partial charge in [-0.05, 0) is 42.5 Å². The molecule has 7 heteroatoms. The van der Waals surface area contributed by atoms with Crippen LogP contribution in [0.5, 0.6) is 0 Å². The number of fused-ring (bicyclic) bond motifs is 1. The summed E-state index contributed by atoms with van der Waals surface area (Å²) in [5, 5.41) is 9.17. The minimum atomic E-state index is -3.73. The summed E-state index contributed by atoms with van der Waals surface area (Å²) in [5.41, 5.74) is 1.37. The predicted molar refractivity (Wildman–Crippen MR) is 82.8 cm³/mol. The summed E-state index contributed by atoms with van der Waals surface area (Å²) in [6.07, 6.45) is 1.93. The minimum absolute atomic E-state index is 0.00511. The first-order valence-electron chi connectivity index (χ1n) is 7.70. The zero-order valence-corrected chi connectivity index (χ0v) is 13.7. The Bertz CT molecular complexity index is 771. The number of carboxylic acids is 1. The predicted octanol–water partition coefficient (Wildman–Crippen LogP) is 1.55. The van der Waals surface area contributed by atoms with E-state index in [9.17, 15) is 18.0 Å². The fourth-order valence-electron chi connectivity index (χ4n) is 3.37. The molecule has 1 fully saturated rings. The van der Waals surface area contributed by atoms with Crippen LogP contribution in [0.1, 0.15) is 35.7 Å². The van der Waals surface area contributed by atoms with Crippen LogP contribution in [0.3, 0.4) is 0 Å². The van der Waals surface area contributed by atoms with Crippen molar-refractivity contribution in [1.82, 2.24) is 4.31 Å². The molecule has 6 nitrogen and oxygen atoms in total. The van der Waals surface area contributed by atoms with Gasteiger partial charge in [0.1, 0.15) is 0 Å². The van der Waals surface area contributed by atoms with Crippen LogP contribution >= 0.6 is 0 Å². The van der Waals surface area contributed by atoms with Gasteiger partial charge in [0.05, 0.1) is 10.8 Å². The van der Waals surface area contributed by atoms with Gasteiger partial charge in [0.25, 0.3) is 0 Å². The maximum Gasteiger partial charge on any atom is 0.308 e. The van der Waals surface area contributed by atoms with E-state index in [1.54, 1.807) is 19.1 Å². The smallest absolute Gasteiger partial charge is 0.308 e. The molecule has 1 aliphatic heterocycles. The zero-order valence-electron chi connectivity index (χ0n) is 12.9. The zero-order chi connectivity index (χ0) is 16.8. The third-order valence-corrected chi connectivity index (χ3v) is 6.59. The van der Waals surface area contributed by atoms with Gasteiger partial charge in [0.2, 0.25) is 10.0 Å². The van der Waals surface area contributed by atoms with Crippen molar-refractivity contribution in [3.8, 4) is 0 Å². The molecule has 0 radical (unpaired) electrons. The number of aliphatic carboxylic acids is 1. The standard InChI is InChI=1S/C16H19NO5S/c1-10-8-17(9-14(10)16(19)20)23(21,22)12-5-6-13-11(7-12)3-2-4-15(13)18/h5-7,10,14H,2-4,8-9H2,1H3,(H,19,20)/t10-,14-/m1/s1. The maximum absolute atomic E-state index is 12.8. The summed E-state index contributed by atoms with van der Waals surface area (Å²) in [4.78, 5) is 23.2. The first-order chi connectivity index (χ1) is 10.8. The summed E-state index contributed by atoms with van der Waals surface area (Å²) < 4.78 is 26.8. The number of ketones is 1. The number of nitrogens with zero attached hydrogens (tertiary/aromatic N) is 1. The van der Waals surface area contributed by atoms with E-state index < -0.39 is 21.9 Å². The van der Waals surface area contributed by atoms with Gasteiger partial charge < -0.3 is 5.11 Å². The average Bonchev–Trinajstić information content (AvgIpc) is 2.90. The fourth-order valence-corrected chi connectivity index (χ4v) is 4.99. The molecule has 0 aromatic heterocycles. The van der Waals surface area contributed by atoms with E-state index in [4.69, 9.17) is 5.11 Å². The second-order valence-corrected chi connectivity index (χ2v) is 8.28. The highest BCUT2D eigenvalue weighted by atomic mass is 32.2. The van der Waals surface area contributed by atoms with E-state index >= 15 is 0 Å². The van der Waals surface area contributed by atoms with Crippen molar-refractivity contribution >= 4 is 21.8 Å². The van der Waals surface area contributed by atoms with Gasteiger partial charge in [-0.3, -0.25) is 9.59 Å². The number of rotatable bonds is 3. The topological polar surface area (TPSA) is 91.8 Å². The van der Waals surface area contributed by atoms with Crippen LogP contribution < -0.4 is 0 Å². The number of Topliss-reactive ketones (excluding diaryl/α,β-unsaturated/α-hetero) is 1. The Morgan fingerprint density at radius 1 is 1.26 bits per heavy atom. The molecule has 0 unspecified atom stereocenters. The highest BCUT2D eigenvalue weighted by molar-refractivity contribution is 7.89. The van der Waals surface area contributed by atoms with E-state index in [-0.39, 0.29) is 29.7 Å². The van der Waals surface area contributed by atoms with E-state index in [2.05, 4.69) is 0 Å². The number of hydrogen-bond donors (Lipinski definition) is 1. The molecule has 23 heavy (non-hydrogen) atoms.